The Morgan fingerprint density at radius 2 is 2.04 bits per heavy atom. The second-order valence-corrected chi connectivity index (χ2v) is 5.95. The lowest BCUT2D eigenvalue weighted by Crippen LogP contribution is -2.46. The number of carbonyl (C=O) groups is 2. The van der Waals surface area contributed by atoms with Gasteiger partial charge in [-0.1, -0.05) is 18.2 Å². The van der Waals surface area contributed by atoms with Crippen molar-refractivity contribution in [2.45, 2.75) is 39.3 Å². The van der Waals surface area contributed by atoms with Gasteiger partial charge in [0.15, 0.2) is 0 Å². The van der Waals surface area contributed by atoms with Crippen molar-refractivity contribution in [1.82, 2.24) is 14.8 Å². The number of nitrogens with zero attached hydrogens (tertiary/aromatic N) is 2. The number of amides is 2. The maximum Gasteiger partial charge on any atom is 0.245 e. The molecule has 0 radical (unpaired) electrons. The van der Waals surface area contributed by atoms with Crippen LogP contribution in [0.2, 0.25) is 0 Å². The molecule has 5 heteroatoms. The Hall–Kier alpha value is -2.30. The molecule has 1 aromatic carbocycles. The zero-order chi connectivity index (χ0) is 16.4. The number of likely N-dealkylation sites (N-methyl/N-ethyl adjacent to an activating group) is 1. The zero-order valence-corrected chi connectivity index (χ0v) is 13.7. The molecule has 0 bridgehead atoms. The van der Waals surface area contributed by atoms with Gasteiger partial charge in [0, 0.05) is 43.2 Å². The van der Waals surface area contributed by atoms with E-state index in [0.717, 1.165) is 16.5 Å². The van der Waals surface area contributed by atoms with E-state index in [0.29, 0.717) is 32.5 Å². The van der Waals surface area contributed by atoms with E-state index in [1.807, 2.05) is 49.2 Å². The molecule has 23 heavy (non-hydrogen) atoms. The molecule has 1 saturated heterocycles. The number of carbonyl (C=O) groups excluding carboxylic acids is 2. The minimum absolute atomic E-state index is 0.0701. The van der Waals surface area contributed by atoms with E-state index in [9.17, 15) is 9.59 Å². The van der Waals surface area contributed by atoms with Gasteiger partial charge in [-0.05, 0) is 31.9 Å². The fourth-order valence-corrected chi connectivity index (χ4v) is 3.38. The number of para-hydroxylation sites is 1. The number of hydrogen-bond acceptors (Lipinski definition) is 2. The van der Waals surface area contributed by atoms with Crippen LogP contribution in [0.25, 0.3) is 10.9 Å². The lowest BCUT2D eigenvalue weighted by molar-refractivity contribution is -0.141. The van der Waals surface area contributed by atoms with E-state index in [1.165, 1.54) is 0 Å². The molecule has 1 unspecified atom stereocenters. The lowest BCUT2D eigenvalue weighted by Gasteiger charge is -2.29. The first-order valence-corrected chi connectivity index (χ1v) is 8.29. The normalized spacial score (nSPS) is 17.9. The summed E-state index contributed by atoms with van der Waals surface area (Å²) in [6.07, 6.45) is 3.02. The maximum absolute atomic E-state index is 12.7. The van der Waals surface area contributed by atoms with Crippen LogP contribution < -0.4 is 0 Å². The number of aromatic nitrogens is 1. The third-order valence-corrected chi connectivity index (χ3v) is 4.70. The van der Waals surface area contributed by atoms with Gasteiger partial charge in [-0.25, -0.2) is 0 Å². The van der Waals surface area contributed by atoms with E-state index in [4.69, 9.17) is 0 Å². The topological polar surface area (TPSA) is 56.4 Å². The van der Waals surface area contributed by atoms with E-state index < -0.39 is 0 Å². The molecule has 2 heterocycles. The van der Waals surface area contributed by atoms with Crippen LogP contribution in [0.3, 0.4) is 0 Å². The monoisotopic (exact) mass is 313 g/mol. The van der Waals surface area contributed by atoms with Gasteiger partial charge in [-0.15, -0.1) is 0 Å². The summed E-state index contributed by atoms with van der Waals surface area (Å²) in [6.45, 7) is 5.80. The van der Waals surface area contributed by atoms with Crippen molar-refractivity contribution in [2.24, 2.45) is 0 Å². The Morgan fingerprint density at radius 1 is 1.30 bits per heavy atom. The van der Waals surface area contributed by atoms with Gasteiger partial charge in [-0.2, -0.15) is 0 Å². The molecule has 1 aliphatic heterocycles. The van der Waals surface area contributed by atoms with Crippen molar-refractivity contribution < 1.29 is 9.59 Å². The summed E-state index contributed by atoms with van der Waals surface area (Å²) in [7, 11) is 0. The molecular weight excluding hydrogens is 290 g/mol. The van der Waals surface area contributed by atoms with Crippen molar-refractivity contribution in [2.75, 3.05) is 13.1 Å². The highest BCUT2D eigenvalue weighted by Crippen LogP contribution is 2.26. The zero-order valence-electron chi connectivity index (χ0n) is 13.7. The van der Waals surface area contributed by atoms with E-state index in [1.54, 1.807) is 4.90 Å². The van der Waals surface area contributed by atoms with Crippen molar-refractivity contribution in [3.05, 3.63) is 36.0 Å². The van der Waals surface area contributed by atoms with Gasteiger partial charge in [0.25, 0.3) is 0 Å². The van der Waals surface area contributed by atoms with Crippen LogP contribution in [0.5, 0.6) is 0 Å². The molecular formula is C18H23N3O2. The number of nitrogens with one attached hydrogen (secondary N) is 1. The third-order valence-electron chi connectivity index (χ3n) is 4.70. The highest BCUT2D eigenvalue weighted by Gasteiger charge is 2.37. The first kappa shape index (κ1) is 15.6. The van der Waals surface area contributed by atoms with Crippen molar-refractivity contribution in [1.29, 1.82) is 0 Å². The first-order chi connectivity index (χ1) is 11.2. The summed E-state index contributed by atoms with van der Waals surface area (Å²) in [4.78, 5) is 31.8. The van der Waals surface area contributed by atoms with Crippen molar-refractivity contribution >= 4 is 22.7 Å². The van der Waals surface area contributed by atoms with Gasteiger partial charge in [-0.3, -0.25) is 9.59 Å². The molecule has 2 amide bonds. The van der Waals surface area contributed by atoms with E-state index >= 15 is 0 Å². The number of H-pyrrole nitrogens is 1. The molecule has 122 valence electrons. The average Bonchev–Trinajstić information content (AvgIpc) is 3.14. The Kier molecular flexibility index (Phi) is 4.37. The smallest absolute Gasteiger partial charge is 0.245 e. The highest BCUT2D eigenvalue weighted by molar-refractivity contribution is 5.91. The van der Waals surface area contributed by atoms with Crippen molar-refractivity contribution in [3.8, 4) is 0 Å². The van der Waals surface area contributed by atoms with Crippen LogP contribution in [0.15, 0.2) is 30.5 Å². The molecule has 3 rings (SSSR count). The Morgan fingerprint density at radius 3 is 2.78 bits per heavy atom. The molecule has 1 atom stereocenters. The van der Waals surface area contributed by atoms with E-state index in [-0.39, 0.29) is 17.9 Å². The fraction of sp³-hybridized carbons (Fsp3) is 0.444. The van der Waals surface area contributed by atoms with Crippen molar-refractivity contribution in [3.63, 3.8) is 0 Å². The Bertz CT molecular complexity index is 718. The molecule has 0 spiro atoms. The Labute approximate surface area is 136 Å². The second-order valence-electron chi connectivity index (χ2n) is 5.95. The molecule has 1 fully saturated rings. The summed E-state index contributed by atoms with van der Waals surface area (Å²) in [5, 5.41) is 1.11. The minimum atomic E-state index is -0.323. The van der Waals surface area contributed by atoms with Gasteiger partial charge in [0.05, 0.1) is 0 Å². The van der Waals surface area contributed by atoms with Gasteiger partial charge < -0.3 is 14.8 Å². The number of benzene rings is 1. The molecule has 0 saturated carbocycles. The lowest BCUT2D eigenvalue weighted by atomic mass is 10.1. The number of fused-ring (bicyclic) bond motifs is 1. The van der Waals surface area contributed by atoms with Crippen LogP contribution in [-0.4, -0.2) is 45.7 Å². The van der Waals surface area contributed by atoms with Crippen LogP contribution >= 0.6 is 0 Å². The maximum atomic E-state index is 12.7. The standard InChI is InChI=1S/C18H23N3O2/c1-3-20(4-2)18(23)16-9-10-17(22)21(16)12-13-11-19-15-8-6-5-7-14(13)15/h5-8,11,16,19H,3-4,9-10,12H2,1-2H3. The van der Waals surface area contributed by atoms with Crippen LogP contribution in [0.4, 0.5) is 0 Å². The van der Waals surface area contributed by atoms with Gasteiger partial charge >= 0.3 is 0 Å². The summed E-state index contributed by atoms with van der Waals surface area (Å²) >= 11 is 0. The summed E-state index contributed by atoms with van der Waals surface area (Å²) < 4.78 is 0. The minimum Gasteiger partial charge on any atom is -0.361 e. The molecule has 1 aromatic heterocycles. The molecule has 2 aromatic rings. The summed E-state index contributed by atoms with van der Waals surface area (Å²) in [5.74, 6) is 0.140. The SMILES string of the molecule is CCN(CC)C(=O)C1CCC(=O)N1Cc1c[nH]c2ccccc12. The third kappa shape index (κ3) is 2.83. The molecule has 1 aliphatic rings. The second kappa shape index (κ2) is 6.44. The predicted octanol–water partition coefficient (Wildman–Crippen LogP) is 2.53. The van der Waals surface area contributed by atoms with Crippen LogP contribution in [0, 0.1) is 0 Å². The molecule has 1 N–H and O–H groups in total. The highest BCUT2D eigenvalue weighted by atomic mass is 16.2. The molecule has 5 nitrogen and oxygen atoms in total. The fourth-order valence-electron chi connectivity index (χ4n) is 3.38. The first-order valence-electron chi connectivity index (χ1n) is 8.29. The quantitative estimate of drug-likeness (QED) is 0.922. The number of likely N-dealkylation sites (tertiary alicyclic amines) is 1. The van der Waals surface area contributed by atoms with Gasteiger partial charge in [0.1, 0.15) is 6.04 Å². The van der Waals surface area contributed by atoms with E-state index in [2.05, 4.69) is 4.98 Å². The number of hydrogen-bond donors (Lipinski definition) is 1. The number of rotatable bonds is 5. The number of aromatic amines is 1. The summed E-state index contributed by atoms with van der Waals surface area (Å²) in [5.41, 5.74) is 2.12. The molecule has 0 aliphatic carbocycles. The Balaban J connectivity index is 1.84. The largest absolute Gasteiger partial charge is 0.361 e. The van der Waals surface area contributed by atoms with Crippen LogP contribution in [0.1, 0.15) is 32.3 Å². The van der Waals surface area contributed by atoms with Gasteiger partial charge in [0.2, 0.25) is 11.8 Å². The van der Waals surface area contributed by atoms with Crippen LogP contribution in [-0.2, 0) is 16.1 Å². The summed E-state index contributed by atoms with van der Waals surface area (Å²) in [6, 6.07) is 7.71. The predicted molar refractivity (Wildman–Crippen MR) is 89.8 cm³/mol. The average molecular weight is 313 g/mol.